The summed E-state index contributed by atoms with van der Waals surface area (Å²) >= 11 is 0. The minimum Gasteiger partial charge on any atom is -0.494 e. The van der Waals surface area contributed by atoms with Crippen LogP contribution in [-0.4, -0.2) is 16.6 Å². The third-order valence-electron chi connectivity index (χ3n) is 3.90. The van der Waals surface area contributed by atoms with E-state index in [1.807, 2.05) is 57.2 Å². The predicted octanol–water partition coefficient (Wildman–Crippen LogP) is 3.80. The summed E-state index contributed by atoms with van der Waals surface area (Å²) in [5, 5.41) is 3.97. The van der Waals surface area contributed by atoms with Crippen molar-refractivity contribution in [2.75, 3.05) is 11.9 Å². The molecule has 0 aliphatic heterocycles. The van der Waals surface area contributed by atoms with E-state index in [0.29, 0.717) is 23.3 Å². The van der Waals surface area contributed by atoms with Crippen molar-refractivity contribution in [2.24, 2.45) is 0 Å². The zero-order chi connectivity index (χ0) is 17.1. The number of nitrogens with one attached hydrogen (secondary N) is 2. The van der Waals surface area contributed by atoms with Crippen LogP contribution in [-0.2, 0) is 0 Å². The second-order valence-electron chi connectivity index (χ2n) is 5.75. The van der Waals surface area contributed by atoms with Gasteiger partial charge >= 0.3 is 0 Å². The zero-order valence-electron chi connectivity index (χ0n) is 14.1. The molecule has 3 aromatic rings. The standard InChI is InChI=1S/C19H21N3O2/c1-4-24-17-10-9-14(11-12(17)2)20-13(3)18-21-16-8-6-5-7-15(16)19(23)22-18/h5-11,13,20H,4H2,1-3H3,(H,21,22,23). The molecule has 24 heavy (non-hydrogen) atoms. The molecule has 0 spiro atoms. The third kappa shape index (κ3) is 3.25. The molecule has 0 amide bonds. The lowest BCUT2D eigenvalue weighted by molar-refractivity contribution is 0.338. The first-order valence-corrected chi connectivity index (χ1v) is 8.07. The van der Waals surface area contributed by atoms with Gasteiger partial charge in [-0.2, -0.15) is 0 Å². The normalized spacial score (nSPS) is 12.1. The highest BCUT2D eigenvalue weighted by molar-refractivity contribution is 5.77. The highest BCUT2D eigenvalue weighted by Crippen LogP contribution is 2.24. The largest absolute Gasteiger partial charge is 0.494 e. The van der Waals surface area contributed by atoms with E-state index in [9.17, 15) is 4.79 Å². The fourth-order valence-corrected chi connectivity index (χ4v) is 2.68. The average molecular weight is 323 g/mol. The molecule has 124 valence electrons. The number of benzene rings is 2. The Bertz CT molecular complexity index is 918. The van der Waals surface area contributed by atoms with Crippen LogP contribution in [0.4, 0.5) is 5.69 Å². The summed E-state index contributed by atoms with van der Waals surface area (Å²) in [5.41, 5.74) is 2.60. The van der Waals surface area contributed by atoms with E-state index in [2.05, 4.69) is 15.3 Å². The number of nitrogens with zero attached hydrogens (tertiary/aromatic N) is 1. The quantitative estimate of drug-likeness (QED) is 0.749. The minimum atomic E-state index is -0.125. The Hall–Kier alpha value is -2.82. The van der Waals surface area contributed by atoms with Crippen molar-refractivity contribution in [1.82, 2.24) is 9.97 Å². The summed E-state index contributed by atoms with van der Waals surface area (Å²) in [5.74, 6) is 1.50. The van der Waals surface area contributed by atoms with Crippen molar-refractivity contribution in [3.63, 3.8) is 0 Å². The molecule has 2 N–H and O–H groups in total. The molecule has 0 radical (unpaired) electrons. The Kier molecular flexibility index (Phi) is 4.51. The average Bonchev–Trinajstić information content (AvgIpc) is 2.57. The van der Waals surface area contributed by atoms with Crippen LogP contribution in [0.2, 0.25) is 0 Å². The summed E-state index contributed by atoms with van der Waals surface area (Å²) < 4.78 is 5.56. The van der Waals surface area contributed by atoms with Crippen molar-refractivity contribution >= 4 is 16.6 Å². The number of rotatable bonds is 5. The Morgan fingerprint density at radius 3 is 2.79 bits per heavy atom. The fraction of sp³-hybridized carbons (Fsp3) is 0.263. The Balaban J connectivity index is 1.86. The number of aromatic nitrogens is 2. The molecule has 3 rings (SSSR count). The van der Waals surface area contributed by atoms with Crippen LogP contribution < -0.4 is 15.6 Å². The summed E-state index contributed by atoms with van der Waals surface area (Å²) in [6.07, 6.45) is 0. The van der Waals surface area contributed by atoms with Gasteiger partial charge in [-0.1, -0.05) is 12.1 Å². The first-order valence-electron chi connectivity index (χ1n) is 8.07. The lowest BCUT2D eigenvalue weighted by Crippen LogP contribution is -2.17. The number of hydrogen-bond acceptors (Lipinski definition) is 4. The van der Waals surface area contributed by atoms with E-state index >= 15 is 0 Å². The third-order valence-corrected chi connectivity index (χ3v) is 3.90. The van der Waals surface area contributed by atoms with Crippen LogP contribution in [0.25, 0.3) is 10.9 Å². The van der Waals surface area contributed by atoms with E-state index in [-0.39, 0.29) is 11.6 Å². The van der Waals surface area contributed by atoms with Gasteiger partial charge in [0, 0.05) is 5.69 Å². The zero-order valence-corrected chi connectivity index (χ0v) is 14.1. The van der Waals surface area contributed by atoms with E-state index in [4.69, 9.17) is 4.74 Å². The SMILES string of the molecule is CCOc1ccc(NC(C)c2nc3ccccc3c(=O)[nH]2)cc1C. The molecule has 0 fully saturated rings. The molecular formula is C19H21N3O2. The van der Waals surface area contributed by atoms with Crippen molar-refractivity contribution in [1.29, 1.82) is 0 Å². The Morgan fingerprint density at radius 1 is 1.25 bits per heavy atom. The second-order valence-corrected chi connectivity index (χ2v) is 5.75. The lowest BCUT2D eigenvalue weighted by Gasteiger charge is -2.16. The monoisotopic (exact) mass is 323 g/mol. The van der Waals surface area contributed by atoms with Crippen molar-refractivity contribution in [3.8, 4) is 5.75 Å². The number of H-pyrrole nitrogens is 1. The van der Waals surface area contributed by atoms with Gasteiger partial charge in [0.25, 0.3) is 5.56 Å². The van der Waals surface area contributed by atoms with Gasteiger partial charge in [0.2, 0.25) is 0 Å². The highest BCUT2D eigenvalue weighted by Gasteiger charge is 2.11. The van der Waals surface area contributed by atoms with E-state index in [1.54, 1.807) is 6.07 Å². The van der Waals surface area contributed by atoms with Crippen molar-refractivity contribution < 1.29 is 4.74 Å². The Labute approximate surface area is 140 Å². The number of aromatic amines is 1. The van der Waals surface area contributed by atoms with Crippen LogP contribution in [0.15, 0.2) is 47.3 Å². The van der Waals surface area contributed by atoms with Crippen LogP contribution in [0.3, 0.4) is 0 Å². The molecule has 1 aromatic heterocycles. The minimum absolute atomic E-state index is 0.118. The first-order chi connectivity index (χ1) is 11.6. The number of hydrogen-bond donors (Lipinski definition) is 2. The maximum atomic E-state index is 12.2. The van der Waals surface area contributed by atoms with E-state index in [0.717, 1.165) is 17.0 Å². The number of anilines is 1. The molecule has 0 aliphatic carbocycles. The second kappa shape index (κ2) is 6.74. The van der Waals surface area contributed by atoms with Gasteiger partial charge in [-0.3, -0.25) is 4.79 Å². The van der Waals surface area contributed by atoms with Crippen LogP contribution in [0, 0.1) is 6.92 Å². The molecule has 5 nitrogen and oxygen atoms in total. The first kappa shape index (κ1) is 16.1. The summed E-state index contributed by atoms with van der Waals surface area (Å²) in [4.78, 5) is 19.6. The van der Waals surface area contributed by atoms with Gasteiger partial charge in [0.05, 0.1) is 23.6 Å². The molecule has 0 aliphatic rings. The number of fused-ring (bicyclic) bond motifs is 1. The summed E-state index contributed by atoms with van der Waals surface area (Å²) in [6.45, 7) is 6.59. The molecule has 1 unspecified atom stereocenters. The van der Waals surface area contributed by atoms with E-state index < -0.39 is 0 Å². The summed E-state index contributed by atoms with van der Waals surface area (Å²) in [7, 11) is 0. The molecule has 0 saturated heterocycles. The smallest absolute Gasteiger partial charge is 0.258 e. The molecule has 5 heteroatoms. The maximum absolute atomic E-state index is 12.2. The molecule has 1 atom stereocenters. The number of ether oxygens (including phenoxy) is 1. The van der Waals surface area contributed by atoms with Crippen molar-refractivity contribution in [2.45, 2.75) is 26.8 Å². The van der Waals surface area contributed by atoms with Crippen molar-refractivity contribution in [3.05, 3.63) is 64.2 Å². The van der Waals surface area contributed by atoms with Gasteiger partial charge in [-0.25, -0.2) is 4.98 Å². The predicted molar refractivity (Wildman–Crippen MR) is 96.7 cm³/mol. The molecule has 2 aromatic carbocycles. The number of aryl methyl sites for hydroxylation is 1. The van der Waals surface area contributed by atoms with Gasteiger partial charge in [0.15, 0.2) is 0 Å². The molecule has 1 heterocycles. The van der Waals surface area contributed by atoms with Crippen LogP contribution in [0.1, 0.15) is 31.3 Å². The Morgan fingerprint density at radius 2 is 2.04 bits per heavy atom. The lowest BCUT2D eigenvalue weighted by atomic mass is 10.1. The van der Waals surface area contributed by atoms with E-state index in [1.165, 1.54) is 0 Å². The fourth-order valence-electron chi connectivity index (χ4n) is 2.68. The van der Waals surface area contributed by atoms with Crippen LogP contribution >= 0.6 is 0 Å². The highest BCUT2D eigenvalue weighted by atomic mass is 16.5. The topological polar surface area (TPSA) is 67.0 Å². The molecular weight excluding hydrogens is 302 g/mol. The van der Waals surface area contributed by atoms with Gasteiger partial charge < -0.3 is 15.0 Å². The summed E-state index contributed by atoms with van der Waals surface area (Å²) in [6, 6.07) is 13.2. The van der Waals surface area contributed by atoms with Gasteiger partial charge in [-0.05, 0) is 56.7 Å². The number of para-hydroxylation sites is 1. The van der Waals surface area contributed by atoms with Crippen LogP contribution in [0.5, 0.6) is 5.75 Å². The molecule has 0 bridgehead atoms. The van der Waals surface area contributed by atoms with Gasteiger partial charge in [-0.15, -0.1) is 0 Å². The van der Waals surface area contributed by atoms with Gasteiger partial charge in [0.1, 0.15) is 11.6 Å². The molecule has 0 saturated carbocycles. The maximum Gasteiger partial charge on any atom is 0.258 e.